The molecule has 0 aromatic carbocycles. The molecule has 4 heterocycles. The average molecular weight is 385 g/mol. The normalized spacial score (nSPS) is 20.1. The van der Waals surface area contributed by atoms with Crippen LogP contribution in [0.3, 0.4) is 0 Å². The topological polar surface area (TPSA) is 69.2 Å². The zero-order valence-electron chi connectivity index (χ0n) is 16.5. The first kappa shape index (κ1) is 18.9. The molecule has 7 nitrogen and oxygen atoms in total. The first-order chi connectivity index (χ1) is 13.6. The van der Waals surface area contributed by atoms with E-state index in [9.17, 15) is 4.39 Å². The summed E-state index contributed by atoms with van der Waals surface area (Å²) in [6.45, 7) is 9.64. The fourth-order valence-electron chi connectivity index (χ4n) is 3.85. The molecule has 2 aromatic rings. The molecule has 1 unspecified atom stereocenters. The van der Waals surface area contributed by atoms with Crippen LogP contribution in [0, 0.1) is 5.82 Å². The second-order valence-electron chi connectivity index (χ2n) is 7.75. The number of rotatable bonds is 5. The molecule has 2 aliphatic heterocycles. The molecule has 2 saturated heterocycles. The van der Waals surface area contributed by atoms with Crippen molar-refractivity contribution in [2.45, 2.75) is 32.2 Å². The summed E-state index contributed by atoms with van der Waals surface area (Å²) in [5, 5.41) is 6.84. The van der Waals surface area contributed by atoms with Gasteiger partial charge in [0.1, 0.15) is 5.82 Å². The molecule has 2 fully saturated rings. The van der Waals surface area contributed by atoms with Crippen molar-refractivity contribution >= 4 is 17.6 Å². The van der Waals surface area contributed by atoms with E-state index in [0.29, 0.717) is 24.2 Å². The molecule has 0 aliphatic carbocycles. The lowest BCUT2D eigenvalue weighted by Crippen LogP contribution is -2.44. The van der Waals surface area contributed by atoms with Gasteiger partial charge in [-0.05, 0) is 24.5 Å². The predicted molar refractivity (Wildman–Crippen MR) is 110 cm³/mol. The third kappa shape index (κ3) is 4.01. The van der Waals surface area contributed by atoms with Crippen molar-refractivity contribution in [1.82, 2.24) is 20.3 Å². The molecule has 2 N–H and O–H groups in total. The van der Waals surface area contributed by atoms with E-state index in [0.717, 1.165) is 45.0 Å². The predicted octanol–water partition coefficient (Wildman–Crippen LogP) is 2.23. The van der Waals surface area contributed by atoms with Gasteiger partial charge >= 0.3 is 0 Å². The van der Waals surface area contributed by atoms with E-state index >= 15 is 0 Å². The van der Waals surface area contributed by atoms with Gasteiger partial charge in [0.25, 0.3) is 0 Å². The highest BCUT2D eigenvalue weighted by Crippen LogP contribution is 2.27. The number of halogens is 1. The fourth-order valence-corrected chi connectivity index (χ4v) is 3.85. The molecule has 8 heteroatoms. The van der Waals surface area contributed by atoms with E-state index in [1.165, 1.54) is 11.6 Å². The summed E-state index contributed by atoms with van der Waals surface area (Å²) in [4.78, 5) is 17.9. The molecule has 4 rings (SSSR count). The van der Waals surface area contributed by atoms with Crippen LogP contribution in [-0.2, 0) is 0 Å². The van der Waals surface area contributed by atoms with Crippen molar-refractivity contribution < 1.29 is 4.39 Å². The van der Waals surface area contributed by atoms with Crippen LogP contribution in [0.2, 0.25) is 0 Å². The van der Waals surface area contributed by atoms with Crippen LogP contribution < -0.4 is 20.4 Å². The van der Waals surface area contributed by atoms with Gasteiger partial charge in [0.15, 0.2) is 11.6 Å². The van der Waals surface area contributed by atoms with E-state index in [-0.39, 0.29) is 11.9 Å². The molecule has 150 valence electrons. The molecule has 0 bridgehead atoms. The smallest absolute Gasteiger partial charge is 0.224 e. The second kappa shape index (κ2) is 8.26. The third-order valence-corrected chi connectivity index (χ3v) is 5.39. The summed E-state index contributed by atoms with van der Waals surface area (Å²) in [7, 11) is 0. The number of hydrogen-bond donors (Lipinski definition) is 2. The van der Waals surface area contributed by atoms with Gasteiger partial charge in [-0.15, -0.1) is 0 Å². The summed E-state index contributed by atoms with van der Waals surface area (Å²) in [5.74, 6) is 2.19. The largest absolute Gasteiger partial charge is 0.354 e. The van der Waals surface area contributed by atoms with Crippen LogP contribution in [0.1, 0.15) is 31.7 Å². The average Bonchev–Trinajstić information content (AvgIpc) is 3.17. The maximum atomic E-state index is 14.0. The first-order valence-corrected chi connectivity index (χ1v) is 10.1. The van der Waals surface area contributed by atoms with E-state index in [1.807, 2.05) is 11.1 Å². The Kier molecular flexibility index (Phi) is 5.57. The van der Waals surface area contributed by atoms with Crippen molar-refractivity contribution in [3.8, 4) is 0 Å². The van der Waals surface area contributed by atoms with E-state index in [2.05, 4.69) is 39.3 Å². The van der Waals surface area contributed by atoms with Crippen LogP contribution in [0.25, 0.3) is 0 Å². The lowest BCUT2D eigenvalue weighted by Gasteiger charge is -2.31. The van der Waals surface area contributed by atoms with Gasteiger partial charge < -0.3 is 20.4 Å². The molecule has 1 atom stereocenters. The minimum Gasteiger partial charge on any atom is -0.354 e. The van der Waals surface area contributed by atoms with Crippen LogP contribution in [0.15, 0.2) is 24.5 Å². The number of anilines is 3. The Balaban J connectivity index is 1.48. The molecule has 0 saturated carbocycles. The maximum Gasteiger partial charge on any atom is 0.224 e. The number of aromatic nitrogens is 3. The van der Waals surface area contributed by atoms with Gasteiger partial charge in [-0.1, -0.05) is 13.8 Å². The third-order valence-electron chi connectivity index (χ3n) is 5.39. The standard InChI is InChI=1S/C20H28FN7/c1-14(2)16-12-24-20(26-18(16)27-10-7-22-8-11-27)25-15-5-9-28(13-15)19-17(21)4-3-6-23-19/h3-4,6,12,14-15,22H,5,7-11,13H2,1-2H3,(H,24,25,26). The lowest BCUT2D eigenvalue weighted by atomic mass is 10.1. The van der Waals surface area contributed by atoms with Gasteiger partial charge in [0.2, 0.25) is 5.95 Å². The number of nitrogens with zero attached hydrogens (tertiary/aromatic N) is 5. The van der Waals surface area contributed by atoms with Crippen molar-refractivity contribution in [1.29, 1.82) is 0 Å². The minimum atomic E-state index is -0.276. The molecule has 0 radical (unpaired) electrons. The highest BCUT2D eigenvalue weighted by Gasteiger charge is 2.26. The Bertz CT molecular complexity index is 807. The Morgan fingerprint density at radius 2 is 1.96 bits per heavy atom. The summed E-state index contributed by atoms with van der Waals surface area (Å²) in [6.07, 6.45) is 4.48. The van der Waals surface area contributed by atoms with Crippen molar-refractivity contribution in [2.75, 3.05) is 54.4 Å². The van der Waals surface area contributed by atoms with E-state index < -0.39 is 0 Å². The molecule has 2 aliphatic rings. The van der Waals surface area contributed by atoms with Crippen molar-refractivity contribution in [2.24, 2.45) is 0 Å². The first-order valence-electron chi connectivity index (χ1n) is 10.1. The van der Waals surface area contributed by atoms with Crippen molar-refractivity contribution in [3.63, 3.8) is 0 Å². The van der Waals surface area contributed by atoms with Crippen LogP contribution in [0.4, 0.5) is 22.0 Å². The number of piperazine rings is 1. The monoisotopic (exact) mass is 385 g/mol. The fraction of sp³-hybridized carbons (Fsp3) is 0.550. The quantitative estimate of drug-likeness (QED) is 0.818. The molecular weight excluding hydrogens is 357 g/mol. The Morgan fingerprint density at radius 1 is 1.14 bits per heavy atom. The SMILES string of the molecule is CC(C)c1cnc(NC2CCN(c3ncccc3F)C2)nc1N1CCNCC1. The Labute approximate surface area is 165 Å². The van der Waals surface area contributed by atoms with Crippen LogP contribution in [0.5, 0.6) is 0 Å². The van der Waals surface area contributed by atoms with E-state index in [1.54, 1.807) is 12.3 Å². The number of hydrogen-bond acceptors (Lipinski definition) is 7. The summed E-state index contributed by atoms with van der Waals surface area (Å²) in [6, 6.07) is 3.24. The maximum absolute atomic E-state index is 14.0. The van der Waals surface area contributed by atoms with Gasteiger partial charge in [-0.25, -0.2) is 14.4 Å². The summed E-state index contributed by atoms with van der Waals surface area (Å²) in [5.41, 5.74) is 1.18. The highest BCUT2D eigenvalue weighted by atomic mass is 19.1. The lowest BCUT2D eigenvalue weighted by molar-refractivity contribution is 0.581. The Hall–Kier alpha value is -2.48. The van der Waals surface area contributed by atoms with Gasteiger partial charge in [0.05, 0.1) is 0 Å². The molecular formula is C20H28FN7. The zero-order chi connectivity index (χ0) is 19.5. The molecule has 2 aromatic heterocycles. The van der Waals surface area contributed by atoms with E-state index in [4.69, 9.17) is 4.98 Å². The number of pyridine rings is 1. The molecule has 0 amide bonds. The molecule has 28 heavy (non-hydrogen) atoms. The van der Waals surface area contributed by atoms with Crippen molar-refractivity contribution in [3.05, 3.63) is 35.9 Å². The van der Waals surface area contributed by atoms with Gasteiger partial charge in [-0.2, -0.15) is 4.98 Å². The summed E-state index contributed by atoms with van der Waals surface area (Å²) >= 11 is 0. The van der Waals surface area contributed by atoms with Gasteiger partial charge in [-0.3, -0.25) is 0 Å². The molecule has 0 spiro atoms. The highest BCUT2D eigenvalue weighted by molar-refractivity contribution is 5.52. The van der Waals surface area contributed by atoms with Gasteiger partial charge in [0, 0.05) is 63.3 Å². The summed E-state index contributed by atoms with van der Waals surface area (Å²) < 4.78 is 14.0. The number of nitrogens with one attached hydrogen (secondary N) is 2. The Morgan fingerprint density at radius 3 is 2.71 bits per heavy atom. The van der Waals surface area contributed by atoms with Crippen LogP contribution >= 0.6 is 0 Å². The van der Waals surface area contributed by atoms with Crippen LogP contribution in [-0.4, -0.2) is 60.3 Å². The zero-order valence-corrected chi connectivity index (χ0v) is 16.5. The minimum absolute atomic E-state index is 0.169. The second-order valence-corrected chi connectivity index (χ2v) is 7.75.